The third kappa shape index (κ3) is 5.15. The van der Waals surface area contributed by atoms with Gasteiger partial charge in [-0.3, -0.25) is 9.13 Å². The lowest BCUT2D eigenvalue weighted by molar-refractivity contribution is 0.578. The van der Waals surface area contributed by atoms with E-state index in [-0.39, 0.29) is 10.8 Å². The molecule has 0 saturated carbocycles. The zero-order chi connectivity index (χ0) is 40.3. The highest BCUT2D eigenvalue weighted by molar-refractivity contribution is 6.10. The van der Waals surface area contributed by atoms with Crippen molar-refractivity contribution >= 4 is 43.6 Å². The highest BCUT2D eigenvalue weighted by atomic mass is 15.1. The molecule has 59 heavy (non-hydrogen) atoms. The van der Waals surface area contributed by atoms with Gasteiger partial charge < -0.3 is 0 Å². The molecule has 0 spiro atoms. The fourth-order valence-corrected chi connectivity index (χ4v) is 9.77. The third-order valence-corrected chi connectivity index (χ3v) is 12.7. The summed E-state index contributed by atoms with van der Waals surface area (Å²) in [5, 5.41) is 4.87. The van der Waals surface area contributed by atoms with Crippen molar-refractivity contribution in [3.8, 4) is 22.8 Å². The van der Waals surface area contributed by atoms with Gasteiger partial charge in [-0.2, -0.15) is 0 Å². The summed E-state index contributed by atoms with van der Waals surface area (Å²) in [7, 11) is 0. The number of aromatic nitrogens is 4. The molecular weight excluding hydrogens is 717 g/mol. The van der Waals surface area contributed by atoms with Crippen LogP contribution in [-0.4, -0.2) is 19.1 Å². The van der Waals surface area contributed by atoms with E-state index in [1.54, 1.807) is 0 Å². The molecule has 0 bridgehead atoms. The van der Waals surface area contributed by atoms with Gasteiger partial charge in [0, 0.05) is 21.5 Å². The second-order valence-electron chi connectivity index (χ2n) is 18.3. The van der Waals surface area contributed by atoms with Crippen molar-refractivity contribution in [3.05, 3.63) is 203 Å². The number of hydrogen-bond acceptors (Lipinski definition) is 2. The van der Waals surface area contributed by atoms with Gasteiger partial charge in [0.1, 0.15) is 17.1 Å². The summed E-state index contributed by atoms with van der Waals surface area (Å²) < 4.78 is 4.73. The van der Waals surface area contributed by atoms with Gasteiger partial charge in [-0.15, -0.1) is 0 Å². The Kier molecular flexibility index (Phi) is 7.56. The summed E-state index contributed by atoms with van der Waals surface area (Å²) in [6.07, 6.45) is 0. The fraction of sp³-hybridized carbons (Fsp3) is 0.164. The highest BCUT2D eigenvalue weighted by Gasteiger charge is 2.49. The molecule has 0 radical (unpaired) electrons. The van der Waals surface area contributed by atoms with Crippen molar-refractivity contribution in [2.24, 2.45) is 0 Å². The van der Waals surface area contributed by atoms with Crippen LogP contribution in [-0.2, 0) is 16.2 Å². The largest absolute Gasteiger partial charge is 0.294 e. The van der Waals surface area contributed by atoms with E-state index < -0.39 is 5.41 Å². The number of nitrogens with zero attached hydrogens (tertiary/aromatic N) is 4. The van der Waals surface area contributed by atoms with Crippen LogP contribution >= 0.6 is 0 Å². The average Bonchev–Trinajstić information content (AvgIpc) is 3.87. The molecule has 4 heteroatoms. The first-order chi connectivity index (χ1) is 28.5. The van der Waals surface area contributed by atoms with E-state index in [9.17, 15) is 0 Å². The maximum absolute atomic E-state index is 5.92. The lowest BCUT2D eigenvalue weighted by atomic mass is 9.70. The van der Waals surface area contributed by atoms with Gasteiger partial charge in [0.15, 0.2) is 0 Å². The molecule has 286 valence electrons. The number of para-hydroxylation sites is 4. The van der Waals surface area contributed by atoms with Crippen LogP contribution in [0.3, 0.4) is 0 Å². The van der Waals surface area contributed by atoms with Gasteiger partial charge in [0.2, 0.25) is 0 Å². The van der Waals surface area contributed by atoms with Gasteiger partial charge in [0.05, 0.1) is 33.5 Å². The molecule has 4 aromatic heterocycles. The first-order valence-corrected chi connectivity index (χ1v) is 20.8. The van der Waals surface area contributed by atoms with Crippen molar-refractivity contribution in [2.45, 2.75) is 57.8 Å². The van der Waals surface area contributed by atoms with Crippen LogP contribution < -0.4 is 0 Å². The molecule has 4 nitrogen and oxygen atoms in total. The van der Waals surface area contributed by atoms with Crippen LogP contribution in [0.25, 0.3) is 66.4 Å². The number of fused-ring (bicyclic) bond motifs is 9. The van der Waals surface area contributed by atoms with Crippen LogP contribution in [0.2, 0.25) is 0 Å². The van der Waals surface area contributed by atoms with Gasteiger partial charge in [-0.1, -0.05) is 163 Å². The van der Waals surface area contributed by atoms with E-state index in [0.717, 1.165) is 45.1 Å². The minimum Gasteiger partial charge on any atom is -0.294 e. The SMILES string of the molecule is CC(C)(C)c1cc(-n2c3ccccc3c3ccccc32)nc(C2(c3cc(C(C)(C)C)cc(-n4c5ccccc5c5ccccc54)n3)c3ccccc3-c3ccccc32)c1. The molecule has 0 saturated heterocycles. The van der Waals surface area contributed by atoms with Crippen LogP contribution in [0.15, 0.2) is 170 Å². The first-order valence-electron chi connectivity index (χ1n) is 20.8. The Morgan fingerprint density at radius 3 is 1.02 bits per heavy atom. The number of pyridine rings is 2. The summed E-state index contributed by atoms with van der Waals surface area (Å²) in [6, 6.07) is 62.1. The smallest absolute Gasteiger partial charge is 0.138 e. The number of benzene rings is 6. The molecule has 10 aromatic rings. The second kappa shape index (κ2) is 12.6. The topological polar surface area (TPSA) is 35.6 Å². The maximum atomic E-state index is 5.92. The molecule has 0 N–H and O–H groups in total. The first kappa shape index (κ1) is 35.4. The van der Waals surface area contributed by atoms with Crippen molar-refractivity contribution in [1.82, 2.24) is 19.1 Å². The minimum absolute atomic E-state index is 0.182. The van der Waals surface area contributed by atoms with Gasteiger partial charge in [-0.25, -0.2) is 9.97 Å². The van der Waals surface area contributed by atoms with Crippen molar-refractivity contribution in [3.63, 3.8) is 0 Å². The monoisotopic (exact) mass is 762 g/mol. The van der Waals surface area contributed by atoms with E-state index in [1.807, 2.05) is 0 Å². The number of hydrogen-bond donors (Lipinski definition) is 0. The summed E-state index contributed by atoms with van der Waals surface area (Å²) in [5.41, 5.74) is 12.5. The van der Waals surface area contributed by atoms with E-state index in [0.29, 0.717) is 0 Å². The Morgan fingerprint density at radius 1 is 0.373 bits per heavy atom. The molecule has 0 atom stereocenters. The summed E-state index contributed by atoms with van der Waals surface area (Å²) in [5.74, 6) is 1.81. The number of rotatable bonds is 4. The molecular formula is C55H46N4. The lowest BCUT2D eigenvalue weighted by Crippen LogP contribution is -2.33. The standard InChI is InChI=1S/C55H46N4/c1-53(2,3)35-31-49(56-51(33-35)58-45-27-15-9-21-39(45)40-22-10-16-28-46(40)58)55(43-25-13-7-19-37(43)38-20-8-14-26-44(38)55)50-32-36(54(4,5)6)34-52(57-50)59-47-29-17-11-23-41(47)42-24-12-18-30-48(42)59/h7-34H,1-6H3. The van der Waals surface area contributed by atoms with E-state index in [2.05, 4.69) is 221 Å². The molecule has 0 unspecified atom stereocenters. The zero-order valence-corrected chi connectivity index (χ0v) is 34.5. The van der Waals surface area contributed by atoms with Crippen LogP contribution in [0.4, 0.5) is 0 Å². The van der Waals surface area contributed by atoms with Gasteiger partial charge in [-0.05, 0) is 92.7 Å². The Balaban J connectivity index is 1.31. The molecule has 4 heterocycles. The Morgan fingerprint density at radius 2 is 0.678 bits per heavy atom. The van der Waals surface area contributed by atoms with E-state index >= 15 is 0 Å². The second-order valence-corrected chi connectivity index (χ2v) is 18.3. The normalized spacial score (nSPS) is 13.7. The summed E-state index contributed by atoms with van der Waals surface area (Å²) in [6.45, 7) is 13.9. The average molecular weight is 763 g/mol. The zero-order valence-electron chi connectivity index (χ0n) is 34.5. The molecule has 0 aliphatic heterocycles. The molecule has 6 aromatic carbocycles. The molecule has 0 amide bonds. The molecule has 1 aliphatic rings. The lowest BCUT2D eigenvalue weighted by Gasteiger charge is -2.35. The van der Waals surface area contributed by atoms with Crippen molar-refractivity contribution in [2.75, 3.05) is 0 Å². The predicted molar refractivity (Wildman–Crippen MR) is 245 cm³/mol. The molecule has 0 fully saturated rings. The van der Waals surface area contributed by atoms with Gasteiger partial charge in [0.25, 0.3) is 0 Å². The maximum Gasteiger partial charge on any atom is 0.138 e. The predicted octanol–water partition coefficient (Wildman–Crippen LogP) is 13.6. The summed E-state index contributed by atoms with van der Waals surface area (Å²) in [4.78, 5) is 11.8. The third-order valence-electron chi connectivity index (χ3n) is 12.7. The summed E-state index contributed by atoms with van der Waals surface area (Å²) >= 11 is 0. The minimum atomic E-state index is -0.850. The van der Waals surface area contributed by atoms with E-state index in [4.69, 9.17) is 9.97 Å². The van der Waals surface area contributed by atoms with Crippen LogP contribution in [0.5, 0.6) is 0 Å². The van der Waals surface area contributed by atoms with Crippen LogP contribution in [0.1, 0.15) is 75.2 Å². The Bertz CT molecular complexity index is 2980. The van der Waals surface area contributed by atoms with Crippen molar-refractivity contribution < 1.29 is 0 Å². The van der Waals surface area contributed by atoms with Gasteiger partial charge >= 0.3 is 0 Å². The molecule has 1 aliphatic carbocycles. The Hall–Kier alpha value is -6.78. The highest BCUT2D eigenvalue weighted by Crippen LogP contribution is 2.56. The Labute approximate surface area is 345 Å². The molecule has 11 rings (SSSR count). The fourth-order valence-electron chi connectivity index (χ4n) is 9.77. The quantitative estimate of drug-likeness (QED) is 0.179. The van der Waals surface area contributed by atoms with Crippen LogP contribution in [0, 0.1) is 0 Å². The van der Waals surface area contributed by atoms with Crippen molar-refractivity contribution in [1.29, 1.82) is 0 Å². The van der Waals surface area contributed by atoms with E-state index in [1.165, 1.54) is 54.9 Å².